The van der Waals surface area contributed by atoms with Crippen LogP contribution in [0.3, 0.4) is 0 Å². The van der Waals surface area contributed by atoms with Gasteiger partial charge in [0.05, 0.1) is 0 Å². The zero-order chi connectivity index (χ0) is 10.2. The summed E-state index contributed by atoms with van der Waals surface area (Å²) in [4.78, 5) is 13.3. The topological polar surface area (TPSA) is 20.3 Å². The third-order valence-electron chi connectivity index (χ3n) is 2.25. The summed E-state index contributed by atoms with van der Waals surface area (Å²) in [5.41, 5.74) is 0. The van der Waals surface area contributed by atoms with E-state index in [2.05, 4.69) is 6.92 Å². The molecule has 0 N–H and O–H groups in total. The number of hydrogen-bond donors (Lipinski definition) is 0. The lowest BCUT2D eigenvalue weighted by molar-refractivity contribution is -0.127. The van der Waals surface area contributed by atoms with Crippen LogP contribution >= 0.6 is 23.5 Å². The van der Waals surface area contributed by atoms with Gasteiger partial charge < -0.3 is 4.90 Å². The normalized spacial score (nSPS) is 16.6. The van der Waals surface area contributed by atoms with E-state index in [0.29, 0.717) is 5.91 Å². The Labute approximate surface area is 95.2 Å². The zero-order valence-electron chi connectivity index (χ0n) is 8.83. The maximum atomic E-state index is 11.3. The lowest BCUT2D eigenvalue weighted by Crippen LogP contribution is -2.27. The lowest BCUT2D eigenvalue weighted by Gasteiger charge is -2.14. The molecule has 14 heavy (non-hydrogen) atoms. The Morgan fingerprint density at radius 2 is 2.07 bits per heavy atom. The zero-order valence-corrected chi connectivity index (χ0v) is 10.5. The second-order valence-electron chi connectivity index (χ2n) is 3.29. The van der Waals surface area contributed by atoms with Crippen LogP contribution in [0.5, 0.6) is 0 Å². The summed E-state index contributed by atoms with van der Waals surface area (Å²) in [5.74, 6) is 5.14. The van der Waals surface area contributed by atoms with Crippen molar-refractivity contribution in [1.82, 2.24) is 4.90 Å². The van der Waals surface area contributed by atoms with Crippen molar-refractivity contribution >= 4 is 29.4 Å². The number of rotatable bonds is 7. The van der Waals surface area contributed by atoms with Crippen LogP contribution in [0.2, 0.25) is 0 Å². The fourth-order valence-electron chi connectivity index (χ4n) is 1.48. The van der Waals surface area contributed by atoms with E-state index in [1.807, 2.05) is 28.4 Å². The quantitative estimate of drug-likeness (QED) is 0.628. The summed E-state index contributed by atoms with van der Waals surface area (Å²) < 4.78 is 0. The average Bonchev–Trinajstić information content (AvgIpc) is 2.58. The van der Waals surface area contributed by atoms with Crippen molar-refractivity contribution in [2.24, 2.45) is 0 Å². The van der Waals surface area contributed by atoms with Crippen LogP contribution in [0.25, 0.3) is 0 Å². The van der Waals surface area contributed by atoms with Gasteiger partial charge in [-0.25, -0.2) is 0 Å². The highest BCUT2D eigenvalue weighted by atomic mass is 32.2. The summed E-state index contributed by atoms with van der Waals surface area (Å²) in [5, 5.41) is 0. The van der Waals surface area contributed by atoms with Crippen LogP contribution in [0.4, 0.5) is 0 Å². The minimum atomic E-state index is 0.355. The Morgan fingerprint density at radius 3 is 2.71 bits per heavy atom. The van der Waals surface area contributed by atoms with Crippen LogP contribution in [0.15, 0.2) is 0 Å². The highest BCUT2D eigenvalue weighted by Crippen LogP contribution is 2.11. The fraction of sp³-hybridized carbons (Fsp3) is 0.900. The van der Waals surface area contributed by atoms with Crippen molar-refractivity contribution < 1.29 is 4.79 Å². The number of carbonyl (C=O) groups is 1. The molecule has 1 aliphatic heterocycles. The van der Waals surface area contributed by atoms with E-state index in [1.54, 1.807) is 0 Å². The monoisotopic (exact) mass is 233 g/mol. The number of amides is 1. The molecule has 1 aliphatic rings. The van der Waals surface area contributed by atoms with Gasteiger partial charge in [0.2, 0.25) is 5.91 Å². The smallest absolute Gasteiger partial charge is 0.222 e. The van der Waals surface area contributed by atoms with Crippen molar-refractivity contribution in [1.29, 1.82) is 0 Å². The van der Waals surface area contributed by atoms with Gasteiger partial charge in [-0.1, -0.05) is 6.92 Å². The molecule has 1 amide bonds. The summed E-state index contributed by atoms with van der Waals surface area (Å²) in [6.07, 6.45) is 1.84. The van der Waals surface area contributed by atoms with E-state index in [-0.39, 0.29) is 0 Å². The summed E-state index contributed by atoms with van der Waals surface area (Å²) in [7, 11) is 0. The van der Waals surface area contributed by atoms with Crippen LogP contribution in [0.1, 0.15) is 19.8 Å². The molecule has 0 spiro atoms. The molecule has 0 aliphatic carbocycles. The molecule has 0 atom stereocenters. The molecular formula is C10H19NOS2. The maximum absolute atomic E-state index is 11.3. The molecule has 1 rings (SSSR count). The minimum absolute atomic E-state index is 0.355. The summed E-state index contributed by atoms with van der Waals surface area (Å²) >= 11 is 3.96. The lowest BCUT2D eigenvalue weighted by atomic mass is 10.4. The van der Waals surface area contributed by atoms with Gasteiger partial charge >= 0.3 is 0 Å². The van der Waals surface area contributed by atoms with Crippen LogP contribution in [-0.2, 0) is 4.79 Å². The molecule has 1 saturated heterocycles. The Hall–Kier alpha value is 0.170. The average molecular weight is 233 g/mol. The van der Waals surface area contributed by atoms with Crippen LogP contribution in [-0.4, -0.2) is 46.9 Å². The first-order valence-corrected chi connectivity index (χ1v) is 7.58. The molecule has 0 radical (unpaired) electrons. The van der Waals surface area contributed by atoms with Crippen LogP contribution < -0.4 is 0 Å². The molecule has 1 heterocycles. The third-order valence-corrected chi connectivity index (χ3v) is 4.38. The first-order valence-electron chi connectivity index (χ1n) is 5.28. The minimum Gasteiger partial charge on any atom is -0.342 e. The molecule has 0 aromatic carbocycles. The molecule has 4 heteroatoms. The van der Waals surface area contributed by atoms with E-state index in [1.165, 1.54) is 17.3 Å². The molecule has 0 bridgehead atoms. The standard InChI is InChI=1S/C10H19NOS2/c1-2-13-8-9-14-7-6-11-5-3-4-10(11)12/h2-9H2,1H3. The van der Waals surface area contributed by atoms with Gasteiger partial charge in [-0.05, 0) is 12.2 Å². The van der Waals surface area contributed by atoms with Crippen molar-refractivity contribution in [2.45, 2.75) is 19.8 Å². The number of nitrogens with zero attached hydrogens (tertiary/aromatic N) is 1. The van der Waals surface area contributed by atoms with E-state index in [4.69, 9.17) is 0 Å². The second-order valence-corrected chi connectivity index (χ2v) is 5.91. The Kier molecular flexibility index (Phi) is 6.52. The first-order chi connectivity index (χ1) is 6.84. The number of thioether (sulfide) groups is 2. The SMILES string of the molecule is CCSCCSCCN1CCCC1=O. The van der Waals surface area contributed by atoms with Crippen LogP contribution in [0, 0.1) is 0 Å². The maximum Gasteiger partial charge on any atom is 0.222 e. The highest BCUT2D eigenvalue weighted by Gasteiger charge is 2.18. The predicted molar refractivity (Wildman–Crippen MR) is 66.1 cm³/mol. The molecule has 0 aromatic heterocycles. The third kappa shape index (κ3) is 4.60. The summed E-state index contributed by atoms with van der Waals surface area (Å²) in [6, 6.07) is 0. The van der Waals surface area contributed by atoms with Gasteiger partial charge in [0, 0.05) is 36.8 Å². The van der Waals surface area contributed by atoms with Gasteiger partial charge in [0.25, 0.3) is 0 Å². The Bertz CT molecular complexity index is 176. The molecule has 1 fully saturated rings. The molecule has 2 nitrogen and oxygen atoms in total. The van der Waals surface area contributed by atoms with Crippen molar-refractivity contribution in [3.8, 4) is 0 Å². The van der Waals surface area contributed by atoms with Crippen molar-refractivity contribution in [3.63, 3.8) is 0 Å². The molecular weight excluding hydrogens is 214 g/mol. The van der Waals surface area contributed by atoms with Crippen molar-refractivity contribution in [2.75, 3.05) is 36.1 Å². The van der Waals surface area contributed by atoms with Gasteiger partial charge in [-0.3, -0.25) is 4.79 Å². The van der Waals surface area contributed by atoms with E-state index < -0.39 is 0 Å². The molecule has 82 valence electrons. The Balaban J connectivity index is 1.90. The summed E-state index contributed by atoms with van der Waals surface area (Å²) in [6.45, 7) is 4.14. The van der Waals surface area contributed by atoms with Gasteiger partial charge in [0.15, 0.2) is 0 Å². The molecule has 0 saturated carbocycles. The van der Waals surface area contributed by atoms with E-state index >= 15 is 0 Å². The van der Waals surface area contributed by atoms with E-state index in [9.17, 15) is 4.79 Å². The first kappa shape index (κ1) is 12.2. The largest absolute Gasteiger partial charge is 0.342 e. The molecule has 0 unspecified atom stereocenters. The fourth-order valence-corrected chi connectivity index (χ4v) is 3.26. The predicted octanol–water partition coefficient (Wildman–Crippen LogP) is 2.10. The van der Waals surface area contributed by atoms with E-state index in [0.717, 1.165) is 31.7 Å². The van der Waals surface area contributed by atoms with Gasteiger partial charge in [0.1, 0.15) is 0 Å². The van der Waals surface area contributed by atoms with Gasteiger partial charge in [-0.15, -0.1) is 0 Å². The Morgan fingerprint density at radius 1 is 1.29 bits per heavy atom. The number of likely N-dealkylation sites (tertiary alicyclic amines) is 1. The highest BCUT2D eigenvalue weighted by molar-refractivity contribution is 8.02. The number of hydrogen-bond acceptors (Lipinski definition) is 3. The van der Waals surface area contributed by atoms with Crippen molar-refractivity contribution in [3.05, 3.63) is 0 Å². The number of carbonyl (C=O) groups excluding carboxylic acids is 1. The molecule has 0 aromatic rings. The van der Waals surface area contributed by atoms with Gasteiger partial charge in [-0.2, -0.15) is 23.5 Å². The second kappa shape index (κ2) is 7.46.